The molecule has 10 nitrogen and oxygen atoms in total. The van der Waals surface area contributed by atoms with Gasteiger partial charge in [0, 0.05) is 47.9 Å². The molecule has 1 heterocycles. The summed E-state index contributed by atoms with van der Waals surface area (Å²) in [5.74, 6) is -0.966. The number of amides is 1. The van der Waals surface area contributed by atoms with Crippen molar-refractivity contribution in [3.63, 3.8) is 0 Å². The summed E-state index contributed by atoms with van der Waals surface area (Å²) in [6.07, 6.45) is 1.35. The van der Waals surface area contributed by atoms with Crippen LogP contribution in [-0.4, -0.2) is 41.6 Å². The van der Waals surface area contributed by atoms with Gasteiger partial charge in [0.15, 0.2) is 6.61 Å². The number of nitro benzene ring substituents is 1. The van der Waals surface area contributed by atoms with Gasteiger partial charge in [0.2, 0.25) is 0 Å². The number of fused-ring (bicyclic) bond motifs is 1. The minimum Gasteiger partial charge on any atom is -0.508 e. The molecule has 0 radical (unpaired) electrons. The van der Waals surface area contributed by atoms with Crippen LogP contribution in [0.25, 0.3) is 11.0 Å². The highest BCUT2D eigenvalue weighted by atomic mass is 16.6. The summed E-state index contributed by atoms with van der Waals surface area (Å²) in [7, 11) is 0. The fourth-order valence-corrected chi connectivity index (χ4v) is 2.72. The third kappa shape index (κ3) is 5.47. The van der Waals surface area contributed by atoms with Gasteiger partial charge in [0.1, 0.15) is 11.3 Å². The number of non-ortho nitro benzene ring substituents is 1. The monoisotopic (exact) mass is 413 g/mol. The van der Waals surface area contributed by atoms with E-state index in [9.17, 15) is 24.8 Å². The smallest absolute Gasteiger partial charge is 0.310 e. The second kappa shape index (κ2) is 9.41. The first kappa shape index (κ1) is 20.6. The van der Waals surface area contributed by atoms with Gasteiger partial charge in [0.25, 0.3) is 11.6 Å². The average molecular weight is 413 g/mol. The Labute approximate surface area is 170 Å². The Morgan fingerprint density at radius 3 is 2.63 bits per heavy atom. The molecule has 156 valence electrons. The number of carbonyl (C=O) groups excluding carboxylic acids is 2. The average Bonchev–Trinajstić information content (AvgIpc) is 3.11. The van der Waals surface area contributed by atoms with Crippen molar-refractivity contribution < 1.29 is 28.8 Å². The number of furan rings is 1. The van der Waals surface area contributed by atoms with Crippen LogP contribution in [0.3, 0.4) is 0 Å². The summed E-state index contributed by atoms with van der Waals surface area (Å²) in [5, 5.41) is 26.3. The molecular formula is C20H19N3O7. The molecule has 0 aliphatic heterocycles. The molecule has 3 rings (SSSR count). The third-order valence-electron chi connectivity index (χ3n) is 4.19. The number of hydrogen-bond donors (Lipinski definition) is 3. The number of nitrogens with one attached hydrogen (secondary N) is 2. The molecule has 0 atom stereocenters. The number of carbonyl (C=O) groups is 2. The van der Waals surface area contributed by atoms with Crippen molar-refractivity contribution in [2.24, 2.45) is 0 Å². The van der Waals surface area contributed by atoms with Crippen LogP contribution in [0.1, 0.15) is 5.56 Å². The van der Waals surface area contributed by atoms with Crippen LogP contribution in [0, 0.1) is 10.1 Å². The lowest BCUT2D eigenvalue weighted by atomic mass is 10.1. The van der Waals surface area contributed by atoms with E-state index in [1.807, 2.05) is 0 Å². The van der Waals surface area contributed by atoms with E-state index < -0.39 is 23.4 Å². The molecule has 0 saturated heterocycles. The molecule has 1 aromatic heterocycles. The first-order valence-electron chi connectivity index (χ1n) is 9.02. The number of phenols is 1. The molecule has 0 bridgehead atoms. The first-order chi connectivity index (χ1) is 14.4. The Morgan fingerprint density at radius 2 is 1.90 bits per heavy atom. The Bertz CT molecular complexity index is 1060. The fraction of sp³-hybridized carbons (Fsp3) is 0.200. The lowest BCUT2D eigenvalue weighted by Gasteiger charge is -2.08. The number of rotatable bonds is 9. The number of esters is 1. The highest BCUT2D eigenvalue weighted by Gasteiger charge is 2.13. The van der Waals surface area contributed by atoms with E-state index in [1.165, 1.54) is 30.5 Å². The van der Waals surface area contributed by atoms with E-state index in [0.29, 0.717) is 28.8 Å². The van der Waals surface area contributed by atoms with Gasteiger partial charge in [-0.3, -0.25) is 19.7 Å². The summed E-state index contributed by atoms with van der Waals surface area (Å²) in [5.41, 5.74) is 1.73. The van der Waals surface area contributed by atoms with Gasteiger partial charge in [0.05, 0.1) is 17.6 Å². The predicted molar refractivity (Wildman–Crippen MR) is 107 cm³/mol. The van der Waals surface area contributed by atoms with Gasteiger partial charge < -0.3 is 24.9 Å². The summed E-state index contributed by atoms with van der Waals surface area (Å²) in [6, 6.07) is 10.5. The molecule has 3 aromatic rings. The second-order valence-electron chi connectivity index (χ2n) is 6.36. The van der Waals surface area contributed by atoms with Crippen LogP contribution >= 0.6 is 0 Å². The molecule has 0 aliphatic rings. The van der Waals surface area contributed by atoms with E-state index in [-0.39, 0.29) is 24.4 Å². The molecule has 1 amide bonds. The number of benzene rings is 2. The molecule has 10 heteroatoms. The lowest BCUT2D eigenvalue weighted by Crippen LogP contribution is -2.32. The number of aromatic hydroxyl groups is 1. The molecule has 0 saturated carbocycles. The third-order valence-corrected chi connectivity index (χ3v) is 4.19. The van der Waals surface area contributed by atoms with Crippen molar-refractivity contribution >= 4 is 34.2 Å². The minimum absolute atomic E-state index is 0.00256. The van der Waals surface area contributed by atoms with E-state index >= 15 is 0 Å². The van der Waals surface area contributed by atoms with Crippen LogP contribution < -0.4 is 10.6 Å². The van der Waals surface area contributed by atoms with Crippen molar-refractivity contribution in [3.05, 3.63) is 64.4 Å². The largest absolute Gasteiger partial charge is 0.508 e. The number of nitro groups is 1. The van der Waals surface area contributed by atoms with Gasteiger partial charge in [-0.1, -0.05) is 0 Å². The van der Waals surface area contributed by atoms with Crippen LogP contribution in [0.4, 0.5) is 11.4 Å². The number of anilines is 1. The summed E-state index contributed by atoms with van der Waals surface area (Å²) in [6.45, 7) is 0.265. The zero-order chi connectivity index (χ0) is 21.5. The minimum atomic E-state index is -0.579. The van der Waals surface area contributed by atoms with E-state index in [1.54, 1.807) is 18.2 Å². The Balaban J connectivity index is 1.35. The molecule has 0 spiro atoms. The number of nitrogens with zero attached hydrogens (tertiary/aromatic N) is 1. The quantitative estimate of drug-likeness (QED) is 0.210. The summed E-state index contributed by atoms with van der Waals surface area (Å²) < 4.78 is 10.3. The Morgan fingerprint density at radius 1 is 1.13 bits per heavy atom. The van der Waals surface area contributed by atoms with Gasteiger partial charge in [-0.2, -0.15) is 0 Å². The van der Waals surface area contributed by atoms with Gasteiger partial charge in [-0.25, -0.2) is 0 Å². The molecule has 0 fully saturated rings. The van der Waals surface area contributed by atoms with Crippen LogP contribution in [0.15, 0.2) is 53.1 Å². The van der Waals surface area contributed by atoms with Crippen molar-refractivity contribution in [1.29, 1.82) is 0 Å². The summed E-state index contributed by atoms with van der Waals surface area (Å²) >= 11 is 0. The Hall–Kier alpha value is -4.08. The van der Waals surface area contributed by atoms with Crippen molar-refractivity contribution in [1.82, 2.24) is 5.32 Å². The van der Waals surface area contributed by atoms with Crippen LogP contribution in [0.5, 0.6) is 5.75 Å². The highest BCUT2D eigenvalue weighted by Crippen LogP contribution is 2.25. The number of ether oxygens (including phenoxy) is 1. The number of phenolic OH excluding ortho intramolecular Hbond substituents is 1. The van der Waals surface area contributed by atoms with E-state index in [2.05, 4.69) is 10.6 Å². The van der Waals surface area contributed by atoms with Gasteiger partial charge in [-0.05, 0) is 24.3 Å². The highest BCUT2D eigenvalue weighted by molar-refractivity contribution is 5.87. The van der Waals surface area contributed by atoms with E-state index in [4.69, 9.17) is 9.15 Å². The van der Waals surface area contributed by atoms with Gasteiger partial charge >= 0.3 is 5.97 Å². The standard InChI is InChI=1S/C20H19N3O7/c24-16-5-6-17-13(11-29-18(17)10-16)9-20(26)30-12-19(25)22-8-7-21-14-1-3-15(4-2-14)23(27)28/h1-6,10-11,21,24H,7-9,12H2,(H,22,25). The van der Waals surface area contributed by atoms with Crippen molar-refractivity contribution in [2.75, 3.05) is 25.0 Å². The maximum absolute atomic E-state index is 12.0. The maximum atomic E-state index is 12.0. The van der Waals surface area contributed by atoms with Crippen molar-refractivity contribution in [3.8, 4) is 5.75 Å². The lowest BCUT2D eigenvalue weighted by molar-refractivity contribution is -0.384. The first-order valence-corrected chi connectivity index (χ1v) is 9.02. The fourth-order valence-electron chi connectivity index (χ4n) is 2.72. The van der Waals surface area contributed by atoms with Crippen LogP contribution in [-0.2, 0) is 20.7 Å². The zero-order valence-corrected chi connectivity index (χ0v) is 15.8. The van der Waals surface area contributed by atoms with Gasteiger partial charge in [-0.15, -0.1) is 0 Å². The SMILES string of the molecule is O=C(COC(=O)Cc1coc2cc(O)ccc12)NCCNc1ccc([N+](=O)[O-])cc1. The number of hydrogen-bond acceptors (Lipinski definition) is 8. The molecule has 0 unspecified atom stereocenters. The van der Waals surface area contributed by atoms with Crippen molar-refractivity contribution in [2.45, 2.75) is 6.42 Å². The molecule has 3 N–H and O–H groups in total. The topological polar surface area (TPSA) is 144 Å². The molecular weight excluding hydrogens is 394 g/mol. The summed E-state index contributed by atoms with van der Waals surface area (Å²) in [4.78, 5) is 33.9. The Kier molecular flexibility index (Phi) is 6.48. The second-order valence-corrected chi connectivity index (χ2v) is 6.36. The normalized spacial score (nSPS) is 10.5. The zero-order valence-electron chi connectivity index (χ0n) is 15.8. The van der Waals surface area contributed by atoms with E-state index in [0.717, 1.165) is 0 Å². The predicted octanol–water partition coefficient (Wildman–Crippen LogP) is 2.36. The maximum Gasteiger partial charge on any atom is 0.310 e. The van der Waals surface area contributed by atoms with Crippen LogP contribution in [0.2, 0.25) is 0 Å². The molecule has 2 aromatic carbocycles. The molecule has 0 aliphatic carbocycles. The molecule has 30 heavy (non-hydrogen) atoms.